The third-order valence-corrected chi connectivity index (χ3v) is 4.53. The van der Waals surface area contributed by atoms with Crippen LogP contribution in [-0.4, -0.2) is 6.04 Å². The van der Waals surface area contributed by atoms with Crippen LogP contribution in [0.1, 0.15) is 49.8 Å². The molecule has 1 aromatic heterocycles. The Kier molecular flexibility index (Phi) is 4.74. The summed E-state index contributed by atoms with van der Waals surface area (Å²) in [5.41, 5.74) is 8.73. The number of benzene rings is 1. The third kappa shape index (κ3) is 3.86. The van der Waals surface area contributed by atoms with Crippen molar-refractivity contribution in [2.45, 2.75) is 52.2 Å². The summed E-state index contributed by atoms with van der Waals surface area (Å²) in [6.07, 6.45) is -0.0933. The summed E-state index contributed by atoms with van der Waals surface area (Å²) in [5, 5.41) is 2.06. The van der Waals surface area contributed by atoms with Gasteiger partial charge in [-0.1, -0.05) is 39.0 Å². The fourth-order valence-corrected chi connectivity index (χ4v) is 3.13. The van der Waals surface area contributed by atoms with Crippen LogP contribution in [-0.2, 0) is 5.41 Å². The van der Waals surface area contributed by atoms with Gasteiger partial charge in [-0.05, 0) is 47.9 Å². The Morgan fingerprint density at radius 2 is 1.90 bits per heavy atom. The number of hydrogen-bond donors (Lipinski definition) is 1. The van der Waals surface area contributed by atoms with Gasteiger partial charge in [-0.3, -0.25) is 0 Å². The van der Waals surface area contributed by atoms with Gasteiger partial charge in [0.25, 0.3) is 0 Å². The lowest BCUT2D eigenvalue weighted by molar-refractivity contribution is 0.183. The molecule has 1 heterocycles. The van der Waals surface area contributed by atoms with Gasteiger partial charge >= 0.3 is 0 Å². The Labute approximate surface area is 132 Å². The molecule has 2 rings (SSSR count). The Bertz CT molecular complexity index is 582. The van der Waals surface area contributed by atoms with Crippen molar-refractivity contribution in [2.24, 2.45) is 5.73 Å². The highest BCUT2D eigenvalue weighted by Crippen LogP contribution is 2.32. The van der Waals surface area contributed by atoms with Gasteiger partial charge in [-0.2, -0.15) is 0 Å². The van der Waals surface area contributed by atoms with E-state index in [9.17, 15) is 0 Å². The Morgan fingerprint density at radius 1 is 1.19 bits per heavy atom. The fourth-order valence-electron chi connectivity index (χ4n) is 2.26. The van der Waals surface area contributed by atoms with Crippen molar-refractivity contribution in [3.8, 4) is 5.75 Å². The topological polar surface area (TPSA) is 35.2 Å². The molecule has 0 aliphatic rings. The van der Waals surface area contributed by atoms with Gasteiger partial charge in [0.15, 0.2) is 0 Å². The minimum Gasteiger partial charge on any atom is -0.483 e. The van der Waals surface area contributed by atoms with E-state index in [1.807, 2.05) is 13.0 Å². The smallest absolute Gasteiger partial charge is 0.148 e. The summed E-state index contributed by atoms with van der Waals surface area (Å²) >= 11 is 1.69. The van der Waals surface area contributed by atoms with Crippen LogP contribution in [0.2, 0.25) is 0 Å². The van der Waals surface area contributed by atoms with E-state index in [0.29, 0.717) is 0 Å². The molecule has 2 atom stereocenters. The first-order valence-electron chi connectivity index (χ1n) is 7.36. The molecule has 2 N–H and O–H groups in total. The predicted molar refractivity (Wildman–Crippen MR) is 91.2 cm³/mol. The van der Waals surface area contributed by atoms with E-state index < -0.39 is 0 Å². The molecule has 0 spiro atoms. The minimum absolute atomic E-state index is 0.0506. The molecule has 0 bridgehead atoms. The van der Waals surface area contributed by atoms with Crippen LogP contribution in [0.5, 0.6) is 5.75 Å². The molecule has 114 valence electrons. The molecule has 3 heteroatoms. The molecule has 2 aromatic rings. The van der Waals surface area contributed by atoms with Crippen LogP contribution in [0.25, 0.3) is 0 Å². The zero-order chi connectivity index (χ0) is 15.6. The number of aryl methyl sites for hydroxylation is 1. The van der Waals surface area contributed by atoms with Crippen LogP contribution in [0.4, 0.5) is 0 Å². The van der Waals surface area contributed by atoms with Crippen molar-refractivity contribution in [1.29, 1.82) is 0 Å². The van der Waals surface area contributed by atoms with Crippen molar-refractivity contribution in [3.63, 3.8) is 0 Å². The number of nitrogens with two attached hydrogens (primary N) is 1. The second-order valence-electron chi connectivity index (χ2n) is 6.64. The molecule has 0 aliphatic heterocycles. The SMILES string of the molecule is Cc1cc(C(C)(C)C)ccc1OC(c1cccs1)C(C)N. The first-order valence-corrected chi connectivity index (χ1v) is 8.24. The number of ether oxygens (including phenoxy) is 1. The molecule has 0 aliphatic carbocycles. The monoisotopic (exact) mass is 303 g/mol. The molecule has 2 unspecified atom stereocenters. The normalized spacial score (nSPS) is 14.8. The van der Waals surface area contributed by atoms with Crippen molar-refractivity contribution in [1.82, 2.24) is 0 Å². The molecule has 1 aromatic carbocycles. The van der Waals surface area contributed by atoms with E-state index in [1.54, 1.807) is 11.3 Å². The van der Waals surface area contributed by atoms with E-state index in [0.717, 1.165) is 11.3 Å². The first kappa shape index (κ1) is 16.1. The standard InChI is InChI=1S/C18H25NOS/c1-12-11-14(18(3,4)5)8-9-15(12)20-17(13(2)19)16-7-6-10-21-16/h6-11,13,17H,19H2,1-5H3. The summed E-state index contributed by atoms with van der Waals surface area (Å²) in [7, 11) is 0. The molecular weight excluding hydrogens is 278 g/mol. The number of thiophene rings is 1. The maximum absolute atomic E-state index is 6.20. The quantitative estimate of drug-likeness (QED) is 0.878. The van der Waals surface area contributed by atoms with Gasteiger partial charge in [0, 0.05) is 10.9 Å². The molecular formula is C18H25NOS. The Morgan fingerprint density at radius 3 is 2.38 bits per heavy atom. The zero-order valence-electron chi connectivity index (χ0n) is 13.5. The number of rotatable bonds is 4. The molecule has 0 radical (unpaired) electrons. The lowest BCUT2D eigenvalue weighted by atomic mass is 9.86. The third-order valence-electron chi connectivity index (χ3n) is 3.60. The second-order valence-corrected chi connectivity index (χ2v) is 7.62. The van der Waals surface area contributed by atoms with E-state index in [2.05, 4.69) is 57.3 Å². The van der Waals surface area contributed by atoms with E-state index in [1.165, 1.54) is 10.4 Å². The molecule has 0 amide bonds. The van der Waals surface area contributed by atoms with Crippen LogP contribution in [0, 0.1) is 6.92 Å². The molecule has 0 saturated carbocycles. The van der Waals surface area contributed by atoms with E-state index in [-0.39, 0.29) is 17.6 Å². The number of hydrogen-bond acceptors (Lipinski definition) is 3. The first-order chi connectivity index (χ1) is 9.79. The fraction of sp³-hybridized carbons (Fsp3) is 0.444. The average molecular weight is 303 g/mol. The average Bonchev–Trinajstić information content (AvgIpc) is 2.89. The highest BCUT2D eigenvalue weighted by molar-refractivity contribution is 7.10. The lowest BCUT2D eigenvalue weighted by Crippen LogP contribution is -2.28. The molecule has 0 saturated heterocycles. The maximum atomic E-state index is 6.20. The lowest BCUT2D eigenvalue weighted by Gasteiger charge is -2.24. The van der Waals surface area contributed by atoms with Gasteiger partial charge in [0.1, 0.15) is 11.9 Å². The Hall–Kier alpha value is -1.32. The van der Waals surface area contributed by atoms with Crippen LogP contribution in [0.15, 0.2) is 35.7 Å². The Balaban J connectivity index is 2.26. The van der Waals surface area contributed by atoms with Crippen LogP contribution < -0.4 is 10.5 Å². The van der Waals surface area contributed by atoms with Crippen molar-refractivity contribution >= 4 is 11.3 Å². The predicted octanol–water partition coefficient (Wildman–Crippen LogP) is 4.82. The largest absolute Gasteiger partial charge is 0.483 e. The van der Waals surface area contributed by atoms with Crippen molar-refractivity contribution < 1.29 is 4.74 Å². The highest BCUT2D eigenvalue weighted by Gasteiger charge is 2.21. The van der Waals surface area contributed by atoms with Gasteiger partial charge < -0.3 is 10.5 Å². The van der Waals surface area contributed by atoms with E-state index in [4.69, 9.17) is 10.5 Å². The van der Waals surface area contributed by atoms with E-state index >= 15 is 0 Å². The highest BCUT2D eigenvalue weighted by atomic mass is 32.1. The van der Waals surface area contributed by atoms with Gasteiger partial charge in [0.05, 0.1) is 0 Å². The van der Waals surface area contributed by atoms with Crippen LogP contribution >= 0.6 is 11.3 Å². The summed E-state index contributed by atoms with van der Waals surface area (Å²) in [6.45, 7) is 10.7. The minimum atomic E-state index is -0.0933. The van der Waals surface area contributed by atoms with Gasteiger partial charge in [0.2, 0.25) is 0 Å². The molecule has 2 nitrogen and oxygen atoms in total. The van der Waals surface area contributed by atoms with Crippen LogP contribution in [0.3, 0.4) is 0 Å². The molecule has 21 heavy (non-hydrogen) atoms. The zero-order valence-corrected chi connectivity index (χ0v) is 14.3. The summed E-state index contributed by atoms with van der Waals surface area (Å²) in [5.74, 6) is 0.915. The summed E-state index contributed by atoms with van der Waals surface area (Å²) in [6, 6.07) is 10.5. The maximum Gasteiger partial charge on any atom is 0.148 e. The van der Waals surface area contributed by atoms with Crippen molar-refractivity contribution in [3.05, 3.63) is 51.7 Å². The second kappa shape index (κ2) is 6.20. The molecule has 0 fully saturated rings. The van der Waals surface area contributed by atoms with Gasteiger partial charge in [-0.15, -0.1) is 11.3 Å². The summed E-state index contributed by atoms with van der Waals surface area (Å²) in [4.78, 5) is 1.17. The van der Waals surface area contributed by atoms with Gasteiger partial charge in [-0.25, -0.2) is 0 Å². The summed E-state index contributed by atoms with van der Waals surface area (Å²) < 4.78 is 6.20. The van der Waals surface area contributed by atoms with Crippen molar-refractivity contribution in [2.75, 3.05) is 0 Å².